The zero-order chi connectivity index (χ0) is 17.8. The number of ether oxygens (including phenoxy) is 2. The van der Waals surface area contributed by atoms with Crippen molar-refractivity contribution in [3.63, 3.8) is 0 Å². The lowest BCUT2D eigenvalue weighted by atomic mass is 10.0. The highest BCUT2D eigenvalue weighted by atomic mass is 79.9. The minimum atomic E-state index is -3.19. The molecule has 0 spiro atoms. The molecule has 1 rings (SSSR count). The molecular weight excluding hydrogens is 376 g/mol. The van der Waals surface area contributed by atoms with Gasteiger partial charge in [-0.2, -0.15) is 0 Å². The van der Waals surface area contributed by atoms with E-state index in [0.29, 0.717) is 4.47 Å². The summed E-state index contributed by atoms with van der Waals surface area (Å²) in [6.07, 6.45) is 0. The third-order valence-electron chi connectivity index (χ3n) is 3.01. The lowest BCUT2D eigenvalue weighted by Crippen LogP contribution is -2.63. The molecule has 1 aromatic carbocycles. The Morgan fingerprint density at radius 1 is 1.17 bits per heavy atom. The molecule has 9 nitrogen and oxygen atoms in total. The van der Waals surface area contributed by atoms with E-state index in [1.807, 2.05) is 5.32 Å². The van der Waals surface area contributed by atoms with Crippen LogP contribution in [-0.2, 0) is 10.6 Å². The first kappa shape index (κ1) is 19.6. The summed E-state index contributed by atoms with van der Waals surface area (Å²) in [6, 6.07) is 2.55. The van der Waals surface area contributed by atoms with Gasteiger partial charge < -0.3 is 35.2 Å². The quantitative estimate of drug-likeness (QED) is 0.321. The second-order valence-electron chi connectivity index (χ2n) is 4.62. The standard InChI is InChI=1S/C13H19BrN2O7/c1-7(17)15-6-16-13(20,21)12(18,19)8-4-11(23-3)9(14)5-10(8)22-2/h4-5,16,18-21H,6H2,1-3H3,(H,15,17). The van der Waals surface area contributed by atoms with Gasteiger partial charge in [0.1, 0.15) is 11.5 Å². The van der Waals surface area contributed by atoms with Crippen LogP contribution in [0.2, 0.25) is 0 Å². The first-order valence-corrected chi connectivity index (χ1v) is 7.17. The lowest BCUT2D eigenvalue weighted by molar-refractivity contribution is -0.379. The third-order valence-corrected chi connectivity index (χ3v) is 3.63. The molecule has 0 bridgehead atoms. The maximum absolute atomic E-state index is 10.8. The van der Waals surface area contributed by atoms with Gasteiger partial charge in [0.05, 0.1) is 30.9 Å². The van der Waals surface area contributed by atoms with Gasteiger partial charge in [-0.1, -0.05) is 0 Å². The predicted octanol–water partition coefficient (Wildman–Crippen LogP) is -1.07. The van der Waals surface area contributed by atoms with Gasteiger partial charge in [-0.25, -0.2) is 5.32 Å². The third kappa shape index (κ3) is 4.31. The number of carbonyl (C=O) groups excluding carboxylic acids is 1. The molecule has 0 saturated heterocycles. The first-order valence-electron chi connectivity index (χ1n) is 6.37. The summed E-state index contributed by atoms with van der Waals surface area (Å²) in [7, 11) is 2.63. The molecule has 0 atom stereocenters. The lowest BCUT2D eigenvalue weighted by Gasteiger charge is -2.36. The average molecular weight is 395 g/mol. The average Bonchev–Trinajstić information content (AvgIpc) is 2.45. The second-order valence-corrected chi connectivity index (χ2v) is 5.47. The summed E-state index contributed by atoms with van der Waals surface area (Å²) in [6.45, 7) is 0.799. The minimum absolute atomic E-state index is 0.0310. The number of nitrogens with one attached hydrogen (secondary N) is 2. The van der Waals surface area contributed by atoms with Crippen LogP contribution in [0.25, 0.3) is 0 Å². The van der Waals surface area contributed by atoms with Crippen LogP contribution in [0.4, 0.5) is 0 Å². The molecule has 1 aromatic rings. The van der Waals surface area contributed by atoms with Crippen molar-refractivity contribution in [2.45, 2.75) is 18.6 Å². The maximum atomic E-state index is 10.8. The highest BCUT2D eigenvalue weighted by Crippen LogP contribution is 2.40. The van der Waals surface area contributed by atoms with Gasteiger partial charge in [0.25, 0.3) is 11.7 Å². The van der Waals surface area contributed by atoms with Crippen molar-refractivity contribution < 1.29 is 34.7 Å². The number of benzene rings is 1. The molecule has 0 aliphatic carbocycles. The van der Waals surface area contributed by atoms with Crippen LogP contribution >= 0.6 is 15.9 Å². The Morgan fingerprint density at radius 2 is 1.74 bits per heavy atom. The number of rotatable bonds is 7. The smallest absolute Gasteiger partial charge is 0.285 e. The molecular formula is C13H19BrN2O7. The Hall–Kier alpha value is -1.43. The van der Waals surface area contributed by atoms with Crippen LogP contribution in [0.1, 0.15) is 12.5 Å². The Bertz CT molecular complexity index is 578. The summed E-state index contributed by atoms with van der Waals surface area (Å²) in [5.41, 5.74) is -0.361. The Kier molecular flexibility index (Phi) is 6.33. The molecule has 130 valence electrons. The van der Waals surface area contributed by atoms with Gasteiger partial charge in [0.15, 0.2) is 0 Å². The number of methoxy groups -OCH3 is 2. The number of hydrogen-bond donors (Lipinski definition) is 6. The van der Waals surface area contributed by atoms with Crippen molar-refractivity contribution in [3.05, 3.63) is 22.2 Å². The van der Waals surface area contributed by atoms with Crippen LogP contribution in [0, 0.1) is 0 Å². The van der Waals surface area contributed by atoms with Gasteiger partial charge in [-0.3, -0.25) is 4.79 Å². The fourth-order valence-corrected chi connectivity index (χ4v) is 2.22. The Balaban J connectivity index is 3.21. The normalized spacial score (nSPS) is 12.0. The zero-order valence-electron chi connectivity index (χ0n) is 12.8. The van der Waals surface area contributed by atoms with E-state index < -0.39 is 24.3 Å². The van der Waals surface area contributed by atoms with Crippen LogP contribution in [0.15, 0.2) is 16.6 Å². The van der Waals surface area contributed by atoms with Crippen LogP contribution < -0.4 is 20.1 Å². The molecule has 0 unspecified atom stereocenters. The van der Waals surface area contributed by atoms with E-state index in [9.17, 15) is 25.2 Å². The number of aliphatic hydroxyl groups is 4. The van der Waals surface area contributed by atoms with Crippen LogP contribution in [-0.4, -0.2) is 53.1 Å². The summed E-state index contributed by atoms with van der Waals surface area (Å²) >= 11 is 3.20. The largest absolute Gasteiger partial charge is 0.496 e. The van der Waals surface area contributed by atoms with Gasteiger partial charge >= 0.3 is 0 Å². The maximum Gasteiger partial charge on any atom is 0.285 e. The molecule has 0 heterocycles. The molecule has 0 aromatic heterocycles. The fraction of sp³-hybridized carbons (Fsp3) is 0.462. The summed E-state index contributed by atoms with van der Waals surface area (Å²) in [5.74, 6) is -6.63. The van der Waals surface area contributed by atoms with E-state index in [1.54, 1.807) is 0 Å². The Labute approximate surface area is 141 Å². The fourth-order valence-electron chi connectivity index (χ4n) is 1.74. The van der Waals surface area contributed by atoms with Crippen molar-refractivity contribution in [2.24, 2.45) is 0 Å². The van der Waals surface area contributed by atoms with Gasteiger partial charge in [0.2, 0.25) is 5.91 Å². The number of amides is 1. The molecule has 0 radical (unpaired) electrons. The predicted molar refractivity (Wildman–Crippen MR) is 82.3 cm³/mol. The van der Waals surface area contributed by atoms with Crippen LogP contribution in [0.5, 0.6) is 11.5 Å². The van der Waals surface area contributed by atoms with E-state index in [2.05, 4.69) is 21.2 Å². The van der Waals surface area contributed by atoms with Gasteiger partial charge in [0, 0.05) is 6.92 Å². The number of carbonyl (C=O) groups is 1. The molecule has 1 amide bonds. The Morgan fingerprint density at radius 3 is 2.22 bits per heavy atom. The van der Waals surface area contributed by atoms with E-state index in [0.717, 1.165) is 0 Å². The topological polar surface area (TPSA) is 141 Å². The highest BCUT2D eigenvalue weighted by molar-refractivity contribution is 9.10. The second kappa shape index (κ2) is 7.43. The first-order chi connectivity index (χ1) is 10.6. The van der Waals surface area contributed by atoms with E-state index in [1.165, 1.54) is 33.3 Å². The van der Waals surface area contributed by atoms with Gasteiger partial charge in [-0.15, -0.1) is 0 Å². The van der Waals surface area contributed by atoms with E-state index >= 15 is 0 Å². The van der Waals surface area contributed by atoms with Crippen molar-refractivity contribution in [3.8, 4) is 11.5 Å². The van der Waals surface area contributed by atoms with Crippen LogP contribution in [0.3, 0.4) is 0 Å². The van der Waals surface area contributed by atoms with Gasteiger partial charge in [-0.05, 0) is 28.1 Å². The summed E-state index contributed by atoms with van der Waals surface area (Å²) in [4.78, 5) is 10.8. The van der Waals surface area contributed by atoms with Crippen molar-refractivity contribution in [1.82, 2.24) is 10.6 Å². The molecule has 0 fully saturated rings. The van der Waals surface area contributed by atoms with E-state index in [-0.39, 0.29) is 17.1 Å². The molecule has 0 aliphatic heterocycles. The zero-order valence-corrected chi connectivity index (χ0v) is 14.3. The SMILES string of the molecule is COc1cc(C(O)(O)C(O)(O)NCNC(C)=O)c(OC)cc1Br. The van der Waals surface area contributed by atoms with Crippen molar-refractivity contribution in [1.29, 1.82) is 0 Å². The molecule has 10 heteroatoms. The minimum Gasteiger partial charge on any atom is -0.496 e. The molecule has 0 aliphatic rings. The summed E-state index contributed by atoms with van der Waals surface area (Å²) in [5, 5.41) is 44.6. The molecule has 23 heavy (non-hydrogen) atoms. The molecule has 6 N–H and O–H groups in total. The number of hydrogen-bond acceptors (Lipinski definition) is 8. The monoisotopic (exact) mass is 394 g/mol. The molecule has 0 saturated carbocycles. The van der Waals surface area contributed by atoms with E-state index in [4.69, 9.17) is 9.47 Å². The highest BCUT2D eigenvalue weighted by Gasteiger charge is 2.51. The van der Waals surface area contributed by atoms with Crippen molar-refractivity contribution >= 4 is 21.8 Å². The summed E-state index contributed by atoms with van der Waals surface area (Å²) < 4.78 is 10.5. The van der Waals surface area contributed by atoms with Crippen molar-refractivity contribution in [2.75, 3.05) is 20.9 Å². The number of halogens is 1.